The summed E-state index contributed by atoms with van der Waals surface area (Å²) in [5.41, 5.74) is 4.49. The number of nitrogens with zero attached hydrogens (tertiary/aromatic N) is 2. The Morgan fingerprint density at radius 2 is 1.97 bits per heavy atom. The molecule has 30 heavy (non-hydrogen) atoms. The molecule has 0 radical (unpaired) electrons. The molecule has 4 nitrogen and oxygen atoms in total. The minimum absolute atomic E-state index is 0.0311. The molecule has 1 fully saturated rings. The molecule has 5 rings (SSSR count). The maximum Gasteiger partial charge on any atom is 0.152 e. The summed E-state index contributed by atoms with van der Waals surface area (Å²) in [7, 11) is 1.73. The number of benzene rings is 2. The highest BCUT2D eigenvalue weighted by Crippen LogP contribution is 2.42. The van der Waals surface area contributed by atoms with Crippen LogP contribution in [0.5, 0.6) is 11.5 Å². The number of rotatable bonds is 4. The second-order valence-corrected chi connectivity index (χ2v) is 8.67. The van der Waals surface area contributed by atoms with Crippen molar-refractivity contribution in [2.24, 2.45) is 0 Å². The van der Waals surface area contributed by atoms with E-state index in [-0.39, 0.29) is 5.60 Å². The van der Waals surface area contributed by atoms with E-state index in [0.717, 1.165) is 72.3 Å². The van der Waals surface area contributed by atoms with Gasteiger partial charge in [0.05, 0.1) is 7.11 Å². The highest BCUT2D eigenvalue weighted by molar-refractivity contribution is 5.92. The van der Waals surface area contributed by atoms with Gasteiger partial charge in [0.2, 0.25) is 0 Å². The van der Waals surface area contributed by atoms with Crippen molar-refractivity contribution < 1.29 is 9.47 Å². The van der Waals surface area contributed by atoms with Gasteiger partial charge < -0.3 is 14.4 Å². The topological polar surface area (TPSA) is 34.6 Å². The van der Waals surface area contributed by atoms with Crippen LogP contribution in [0, 0.1) is 0 Å². The molecule has 0 atom stereocenters. The summed E-state index contributed by atoms with van der Waals surface area (Å²) in [6, 6.07) is 14.9. The molecule has 0 unspecified atom stereocenters. The molecular weight excluding hydrogens is 372 g/mol. The van der Waals surface area contributed by atoms with Crippen LogP contribution in [-0.4, -0.2) is 42.2 Å². The number of likely N-dealkylation sites (tertiary alicyclic amines) is 1. The van der Waals surface area contributed by atoms with Gasteiger partial charge in [-0.3, -0.25) is 4.98 Å². The minimum Gasteiger partial charge on any atom is -0.494 e. The number of hydrogen-bond acceptors (Lipinski definition) is 4. The third-order valence-electron chi connectivity index (χ3n) is 6.79. The van der Waals surface area contributed by atoms with Crippen LogP contribution in [0.3, 0.4) is 0 Å². The number of piperidine rings is 1. The Kier molecular flexibility index (Phi) is 5.11. The van der Waals surface area contributed by atoms with Crippen LogP contribution < -0.4 is 9.47 Å². The summed E-state index contributed by atoms with van der Waals surface area (Å²) in [6.07, 6.45) is 7.51. The molecule has 0 N–H and O–H groups in total. The fourth-order valence-electron chi connectivity index (χ4n) is 5.09. The van der Waals surface area contributed by atoms with Gasteiger partial charge in [0.25, 0.3) is 0 Å². The number of methoxy groups -OCH3 is 1. The lowest BCUT2D eigenvalue weighted by atomic mass is 9.82. The van der Waals surface area contributed by atoms with Crippen LogP contribution in [0.2, 0.25) is 0 Å². The van der Waals surface area contributed by atoms with Crippen molar-refractivity contribution in [2.45, 2.75) is 44.6 Å². The number of ether oxygens (including phenoxy) is 2. The van der Waals surface area contributed by atoms with Crippen LogP contribution in [0.4, 0.5) is 0 Å². The molecule has 1 spiro atoms. The summed E-state index contributed by atoms with van der Waals surface area (Å²) < 4.78 is 12.4. The second kappa shape index (κ2) is 7.92. The highest BCUT2D eigenvalue weighted by atomic mass is 16.5. The normalized spacial score (nSPS) is 18.2. The lowest BCUT2D eigenvalue weighted by Crippen LogP contribution is -2.49. The molecule has 1 saturated heterocycles. The van der Waals surface area contributed by atoms with Crippen LogP contribution in [0.25, 0.3) is 22.0 Å². The van der Waals surface area contributed by atoms with Gasteiger partial charge in [0, 0.05) is 30.2 Å². The van der Waals surface area contributed by atoms with Crippen LogP contribution in [0.15, 0.2) is 48.7 Å². The van der Waals surface area contributed by atoms with Crippen molar-refractivity contribution in [1.29, 1.82) is 0 Å². The first-order valence-electron chi connectivity index (χ1n) is 11.2. The molecule has 3 aromatic rings. The predicted octanol–water partition coefficient (Wildman–Crippen LogP) is 5.48. The van der Waals surface area contributed by atoms with Crippen molar-refractivity contribution in [3.8, 4) is 22.6 Å². The number of fused-ring (bicyclic) bond motifs is 2. The summed E-state index contributed by atoms with van der Waals surface area (Å²) in [5, 5.41) is 1.09. The van der Waals surface area contributed by atoms with Gasteiger partial charge in [-0.15, -0.1) is 0 Å². The molecule has 0 amide bonds. The number of aromatic nitrogens is 1. The van der Waals surface area contributed by atoms with Gasteiger partial charge in [-0.2, -0.15) is 0 Å². The Morgan fingerprint density at radius 3 is 2.77 bits per heavy atom. The summed E-state index contributed by atoms with van der Waals surface area (Å²) in [4.78, 5) is 7.12. The van der Waals surface area contributed by atoms with E-state index in [4.69, 9.17) is 9.47 Å². The SMILES string of the molecule is CCCN1CCC2(CCc3cc(-c4ccc5cccnc5c4OC)ccc3O2)CC1. The van der Waals surface area contributed by atoms with Gasteiger partial charge in [0.1, 0.15) is 16.9 Å². The van der Waals surface area contributed by atoms with E-state index in [0.29, 0.717) is 0 Å². The Balaban J connectivity index is 1.42. The average Bonchev–Trinajstić information content (AvgIpc) is 2.80. The van der Waals surface area contributed by atoms with E-state index in [2.05, 4.69) is 53.2 Å². The van der Waals surface area contributed by atoms with Gasteiger partial charge in [-0.05, 0) is 74.0 Å². The number of aryl methyl sites for hydroxylation is 1. The van der Waals surface area contributed by atoms with E-state index in [1.807, 2.05) is 12.3 Å². The van der Waals surface area contributed by atoms with Crippen molar-refractivity contribution in [2.75, 3.05) is 26.7 Å². The van der Waals surface area contributed by atoms with Crippen molar-refractivity contribution >= 4 is 10.9 Å². The maximum absolute atomic E-state index is 6.63. The zero-order valence-corrected chi connectivity index (χ0v) is 18.0. The van der Waals surface area contributed by atoms with E-state index >= 15 is 0 Å². The zero-order valence-electron chi connectivity index (χ0n) is 18.0. The van der Waals surface area contributed by atoms with Gasteiger partial charge in [-0.25, -0.2) is 0 Å². The van der Waals surface area contributed by atoms with Gasteiger partial charge in [0.15, 0.2) is 5.75 Å². The molecule has 2 aromatic carbocycles. The third kappa shape index (κ3) is 3.43. The smallest absolute Gasteiger partial charge is 0.152 e. The molecular formula is C26H30N2O2. The fourth-order valence-corrected chi connectivity index (χ4v) is 5.09. The van der Waals surface area contributed by atoms with E-state index in [9.17, 15) is 0 Å². The van der Waals surface area contributed by atoms with Gasteiger partial charge in [-0.1, -0.05) is 25.1 Å². The molecule has 2 aliphatic rings. The van der Waals surface area contributed by atoms with Gasteiger partial charge >= 0.3 is 0 Å². The maximum atomic E-state index is 6.63. The molecule has 1 aromatic heterocycles. The van der Waals surface area contributed by atoms with E-state index in [1.165, 1.54) is 18.5 Å². The molecule has 0 aliphatic carbocycles. The Morgan fingerprint density at radius 1 is 1.10 bits per heavy atom. The van der Waals surface area contributed by atoms with Crippen LogP contribution in [-0.2, 0) is 6.42 Å². The predicted molar refractivity (Wildman–Crippen MR) is 121 cm³/mol. The molecule has 3 heterocycles. The Labute approximate surface area is 178 Å². The first kappa shape index (κ1) is 19.4. The molecule has 0 saturated carbocycles. The zero-order chi connectivity index (χ0) is 20.6. The average molecular weight is 403 g/mol. The first-order chi connectivity index (χ1) is 14.7. The van der Waals surface area contributed by atoms with Crippen molar-refractivity contribution in [3.05, 3.63) is 54.2 Å². The summed E-state index contributed by atoms with van der Waals surface area (Å²) in [6.45, 7) is 5.78. The standard InChI is InChI=1S/C26H30N2O2/c1-3-15-28-16-12-26(13-17-28)11-10-21-18-20(7-9-23(21)30-26)22-8-6-19-5-4-14-27-24(19)25(22)29-2/h4-9,14,18H,3,10-13,15-17H2,1-2H3. The van der Waals surface area contributed by atoms with E-state index < -0.39 is 0 Å². The molecule has 0 bridgehead atoms. The lowest BCUT2D eigenvalue weighted by Gasteiger charge is -2.44. The van der Waals surface area contributed by atoms with Crippen LogP contribution in [0.1, 0.15) is 38.2 Å². The molecule has 4 heteroatoms. The Hall–Kier alpha value is -2.59. The fraction of sp³-hybridized carbons (Fsp3) is 0.423. The highest BCUT2D eigenvalue weighted by Gasteiger charge is 2.39. The largest absolute Gasteiger partial charge is 0.494 e. The molecule has 156 valence electrons. The number of hydrogen-bond donors (Lipinski definition) is 0. The van der Waals surface area contributed by atoms with Crippen molar-refractivity contribution in [1.82, 2.24) is 9.88 Å². The minimum atomic E-state index is 0.0311. The quantitative estimate of drug-likeness (QED) is 0.579. The second-order valence-electron chi connectivity index (χ2n) is 8.67. The summed E-state index contributed by atoms with van der Waals surface area (Å²) >= 11 is 0. The first-order valence-corrected chi connectivity index (χ1v) is 11.2. The third-order valence-corrected chi connectivity index (χ3v) is 6.79. The van der Waals surface area contributed by atoms with E-state index in [1.54, 1.807) is 7.11 Å². The Bertz CT molecular complexity index is 1050. The lowest BCUT2D eigenvalue weighted by molar-refractivity contribution is -0.0143. The monoisotopic (exact) mass is 402 g/mol. The van der Waals surface area contributed by atoms with Crippen molar-refractivity contribution in [3.63, 3.8) is 0 Å². The summed E-state index contributed by atoms with van der Waals surface area (Å²) in [5.74, 6) is 1.90. The molecule has 2 aliphatic heterocycles. The number of pyridine rings is 1. The van der Waals surface area contributed by atoms with Crippen LogP contribution >= 0.6 is 0 Å².